The summed E-state index contributed by atoms with van der Waals surface area (Å²) in [6, 6.07) is 9.61. The van der Waals surface area contributed by atoms with Crippen LogP contribution >= 0.6 is 0 Å². The molecular weight excluding hydrogens is 376 g/mol. The van der Waals surface area contributed by atoms with Crippen LogP contribution in [-0.4, -0.2) is 34.9 Å². The van der Waals surface area contributed by atoms with Gasteiger partial charge in [0.25, 0.3) is 5.56 Å². The van der Waals surface area contributed by atoms with E-state index in [0.717, 1.165) is 5.56 Å². The van der Waals surface area contributed by atoms with Crippen LogP contribution in [0, 0.1) is 6.92 Å². The Labute approximate surface area is 166 Å². The van der Waals surface area contributed by atoms with Gasteiger partial charge in [0.1, 0.15) is 12.3 Å². The van der Waals surface area contributed by atoms with Gasteiger partial charge in [-0.3, -0.25) is 14.0 Å². The minimum Gasteiger partial charge on any atom is -0.493 e. The second kappa shape index (κ2) is 8.55. The van der Waals surface area contributed by atoms with Crippen molar-refractivity contribution < 1.29 is 23.8 Å². The minimum absolute atomic E-state index is 0.108. The van der Waals surface area contributed by atoms with Crippen molar-refractivity contribution in [2.24, 2.45) is 0 Å². The van der Waals surface area contributed by atoms with Crippen molar-refractivity contribution >= 4 is 17.4 Å². The molecule has 0 N–H and O–H groups in total. The van der Waals surface area contributed by atoms with E-state index < -0.39 is 5.97 Å². The fourth-order valence-electron chi connectivity index (χ4n) is 2.72. The maximum absolute atomic E-state index is 12.2. The summed E-state index contributed by atoms with van der Waals surface area (Å²) in [5.74, 6) is -0.0879. The van der Waals surface area contributed by atoms with E-state index in [1.165, 1.54) is 30.6 Å². The van der Waals surface area contributed by atoms with Gasteiger partial charge in [0.05, 0.1) is 12.8 Å². The van der Waals surface area contributed by atoms with Crippen LogP contribution in [0.4, 0.5) is 0 Å². The van der Waals surface area contributed by atoms with E-state index in [9.17, 15) is 14.4 Å². The molecule has 0 aliphatic carbocycles. The minimum atomic E-state index is -0.630. The maximum Gasteiger partial charge on any atom is 0.344 e. The lowest BCUT2D eigenvalue weighted by atomic mass is 10.1. The Bertz CT molecular complexity index is 1140. The highest BCUT2D eigenvalue weighted by atomic mass is 16.6. The van der Waals surface area contributed by atoms with Crippen LogP contribution in [0.25, 0.3) is 5.65 Å². The average molecular weight is 396 g/mol. The van der Waals surface area contributed by atoms with E-state index in [1.54, 1.807) is 24.4 Å². The van der Waals surface area contributed by atoms with Gasteiger partial charge in [0.15, 0.2) is 23.9 Å². The summed E-state index contributed by atoms with van der Waals surface area (Å²) < 4.78 is 17.2. The summed E-state index contributed by atoms with van der Waals surface area (Å²) >= 11 is 0. The van der Waals surface area contributed by atoms with Gasteiger partial charge in [0, 0.05) is 17.8 Å². The molecule has 0 saturated heterocycles. The van der Waals surface area contributed by atoms with Crippen molar-refractivity contribution in [3.63, 3.8) is 0 Å². The zero-order chi connectivity index (χ0) is 21.0. The molecule has 0 aliphatic heterocycles. The number of ether oxygens (including phenoxy) is 3. The quantitative estimate of drug-likeness (QED) is 0.447. The normalized spacial score (nSPS) is 10.6. The molecule has 0 radical (unpaired) electrons. The smallest absolute Gasteiger partial charge is 0.344 e. The molecular formula is C21H20N2O6. The van der Waals surface area contributed by atoms with E-state index in [0.29, 0.717) is 28.4 Å². The van der Waals surface area contributed by atoms with E-state index >= 15 is 0 Å². The van der Waals surface area contributed by atoms with Gasteiger partial charge in [-0.05, 0) is 43.7 Å². The zero-order valence-electron chi connectivity index (χ0n) is 16.3. The number of aromatic nitrogens is 2. The molecule has 0 spiro atoms. The number of aryl methyl sites for hydroxylation is 1. The van der Waals surface area contributed by atoms with E-state index in [-0.39, 0.29) is 24.6 Å². The van der Waals surface area contributed by atoms with Crippen molar-refractivity contribution in [1.82, 2.24) is 9.38 Å². The molecule has 8 nitrogen and oxygen atoms in total. The first-order valence-electron chi connectivity index (χ1n) is 8.84. The number of carbonyl (C=O) groups is 2. The number of methoxy groups -OCH3 is 1. The first-order valence-corrected chi connectivity index (χ1v) is 8.84. The molecule has 150 valence electrons. The fourth-order valence-corrected chi connectivity index (χ4v) is 2.72. The Kier molecular flexibility index (Phi) is 5.92. The van der Waals surface area contributed by atoms with Crippen molar-refractivity contribution in [2.45, 2.75) is 20.5 Å². The Morgan fingerprint density at radius 2 is 1.93 bits per heavy atom. The molecule has 0 aliphatic rings. The monoisotopic (exact) mass is 396 g/mol. The Morgan fingerprint density at radius 1 is 1.14 bits per heavy atom. The van der Waals surface area contributed by atoms with Crippen molar-refractivity contribution in [1.29, 1.82) is 0 Å². The van der Waals surface area contributed by atoms with Crippen LogP contribution in [-0.2, 0) is 16.1 Å². The number of hydrogen-bond donors (Lipinski definition) is 0. The molecule has 0 atom stereocenters. The molecule has 3 rings (SSSR count). The van der Waals surface area contributed by atoms with Crippen molar-refractivity contribution in [3.8, 4) is 11.5 Å². The van der Waals surface area contributed by atoms with Crippen molar-refractivity contribution in [3.05, 3.63) is 69.8 Å². The maximum atomic E-state index is 12.2. The lowest BCUT2D eigenvalue weighted by molar-refractivity contribution is -0.147. The molecule has 0 fully saturated rings. The predicted molar refractivity (Wildman–Crippen MR) is 104 cm³/mol. The van der Waals surface area contributed by atoms with Gasteiger partial charge >= 0.3 is 5.97 Å². The number of nitrogens with zero attached hydrogens (tertiary/aromatic N) is 2. The number of carbonyl (C=O) groups excluding carboxylic acids is 2. The first kappa shape index (κ1) is 20.1. The molecule has 2 heterocycles. The molecule has 0 amide bonds. The summed E-state index contributed by atoms with van der Waals surface area (Å²) in [4.78, 5) is 40.0. The number of benzene rings is 1. The van der Waals surface area contributed by atoms with Gasteiger partial charge in [-0.25, -0.2) is 9.78 Å². The predicted octanol–water partition coefficient (Wildman–Crippen LogP) is 2.34. The molecule has 0 unspecified atom stereocenters. The molecule has 0 saturated carbocycles. The Morgan fingerprint density at radius 3 is 2.66 bits per heavy atom. The largest absolute Gasteiger partial charge is 0.493 e. The van der Waals surface area contributed by atoms with Gasteiger partial charge in [-0.15, -0.1) is 0 Å². The van der Waals surface area contributed by atoms with Crippen molar-refractivity contribution in [2.75, 3.05) is 13.7 Å². The summed E-state index contributed by atoms with van der Waals surface area (Å²) in [7, 11) is 1.44. The summed E-state index contributed by atoms with van der Waals surface area (Å²) in [6.45, 7) is 2.78. The van der Waals surface area contributed by atoms with Gasteiger partial charge < -0.3 is 14.2 Å². The van der Waals surface area contributed by atoms with E-state index in [1.807, 2.05) is 13.0 Å². The molecule has 29 heavy (non-hydrogen) atoms. The summed E-state index contributed by atoms with van der Waals surface area (Å²) in [6.07, 6.45) is 1.63. The molecule has 0 bridgehead atoms. The summed E-state index contributed by atoms with van der Waals surface area (Å²) in [5, 5.41) is 0. The van der Waals surface area contributed by atoms with Gasteiger partial charge in [-0.2, -0.15) is 0 Å². The number of rotatable bonds is 7. The molecule has 1 aromatic carbocycles. The second-order valence-electron chi connectivity index (χ2n) is 6.34. The highest BCUT2D eigenvalue weighted by Crippen LogP contribution is 2.28. The standard InChI is InChI=1S/C21H20N2O6/c1-13-5-4-8-23-19(25)10-16(22-21(13)23)11-29-20(26)12-28-17-7-6-15(14(2)24)9-18(17)27-3/h4-10H,11-12H2,1-3H3. The number of fused-ring (bicyclic) bond motifs is 1. The number of hydrogen-bond acceptors (Lipinski definition) is 7. The highest BCUT2D eigenvalue weighted by molar-refractivity contribution is 5.94. The van der Waals surface area contributed by atoms with E-state index in [2.05, 4.69) is 4.98 Å². The first-order chi connectivity index (χ1) is 13.9. The van der Waals surface area contributed by atoms with Gasteiger partial charge in [-0.1, -0.05) is 6.07 Å². The molecule has 8 heteroatoms. The van der Waals surface area contributed by atoms with Crippen LogP contribution in [0.2, 0.25) is 0 Å². The average Bonchev–Trinajstić information content (AvgIpc) is 2.71. The third-order valence-corrected chi connectivity index (χ3v) is 4.24. The summed E-state index contributed by atoms with van der Waals surface area (Å²) in [5.41, 5.74) is 1.91. The topological polar surface area (TPSA) is 96.2 Å². The van der Waals surface area contributed by atoms with Crippen LogP contribution in [0.5, 0.6) is 11.5 Å². The fraction of sp³-hybridized carbons (Fsp3) is 0.238. The molecule has 3 aromatic rings. The second-order valence-corrected chi connectivity index (χ2v) is 6.34. The Balaban J connectivity index is 1.64. The SMILES string of the molecule is COc1cc(C(C)=O)ccc1OCC(=O)OCc1cc(=O)n2cccc(C)c2n1. The lowest BCUT2D eigenvalue weighted by Crippen LogP contribution is -2.19. The van der Waals surface area contributed by atoms with Crippen LogP contribution < -0.4 is 15.0 Å². The Hall–Kier alpha value is -3.68. The third kappa shape index (κ3) is 4.60. The highest BCUT2D eigenvalue weighted by Gasteiger charge is 2.12. The molecule has 2 aromatic heterocycles. The number of pyridine rings is 1. The zero-order valence-corrected chi connectivity index (χ0v) is 16.3. The van der Waals surface area contributed by atoms with Gasteiger partial charge in [0.2, 0.25) is 0 Å². The van der Waals surface area contributed by atoms with Crippen LogP contribution in [0.1, 0.15) is 28.5 Å². The number of ketones is 1. The van der Waals surface area contributed by atoms with E-state index in [4.69, 9.17) is 14.2 Å². The third-order valence-electron chi connectivity index (χ3n) is 4.24. The number of esters is 1. The van der Waals surface area contributed by atoms with Crippen LogP contribution in [0.15, 0.2) is 47.4 Å². The number of Topliss-reactive ketones (excluding diaryl/α,β-unsaturated/α-hetero) is 1. The van der Waals surface area contributed by atoms with Crippen LogP contribution in [0.3, 0.4) is 0 Å². The lowest BCUT2D eigenvalue weighted by Gasteiger charge is -2.11.